The summed E-state index contributed by atoms with van der Waals surface area (Å²) in [6.07, 6.45) is 4.43. The van der Waals surface area contributed by atoms with E-state index >= 15 is 0 Å². The highest BCUT2D eigenvalue weighted by Crippen LogP contribution is 2.30. The molecule has 0 N–H and O–H groups in total. The minimum atomic E-state index is -0.111. The van der Waals surface area contributed by atoms with E-state index < -0.39 is 0 Å². The van der Waals surface area contributed by atoms with Crippen molar-refractivity contribution in [1.29, 1.82) is 0 Å². The van der Waals surface area contributed by atoms with E-state index in [-0.39, 0.29) is 17.8 Å². The number of piperidine rings is 1. The fourth-order valence-corrected chi connectivity index (χ4v) is 4.50. The highest BCUT2D eigenvalue weighted by atomic mass is 16.5. The summed E-state index contributed by atoms with van der Waals surface area (Å²) in [6.45, 7) is 5.27. The Hall–Kier alpha value is -2.40. The number of nitrogens with zero attached hydrogens (tertiary/aromatic N) is 2. The van der Waals surface area contributed by atoms with Crippen molar-refractivity contribution in [3.05, 3.63) is 48.0 Å². The van der Waals surface area contributed by atoms with Crippen LogP contribution in [0.4, 0.5) is 0 Å². The van der Waals surface area contributed by atoms with E-state index in [1.165, 1.54) is 29.2 Å². The number of ether oxygens (including phenoxy) is 1. The molecule has 0 atom stereocenters. The van der Waals surface area contributed by atoms with Gasteiger partial charge in [-0.15, -0.1) is 0 Å². The van der Waals surface area contributed by atoms with Gasteiger partial charge in [0.25, 0.3) is 0 Å². The molecule has 1 saturated carbocycles. The van der Waals surface area contributed by atoms with Crippen LogP contribution in [0.1, 0.15) is 44.6 Å². The van der Waals surface area contributed by atoms with Crippen LogP contribution in [0.25, 0.3) is 10.8 Å². The topological polar surface area (TPSA) is 49.9 Å². The number of amides is 1. The molecule has 1 amide bonds. The van der Waals surface area contributed by atoms with E-state index in [1.54, 1.807) is 0 Å². The smallest absolute Gasteiger partial charge is 0.309 e. The molecule has 1 aliphatic carbocycles. The van der Waals surface area contributed by atoms with E-state index in [4.69, 9.17) is 4.74 Å². The van der Waals surface area contributed by atoms with Crippen LogP contribution in [0.3, 0.4) is 0 Å². The molecule has 1 aliphatic heterocycles. The SMILES string of the molecule is CCOC(=O)C1CCN(C(=O)CCN(Cc2cccc3ccccc23)C2CC2)CC1. The van der Waals surface area contributed by atoms with Crippen LogP contribution in [0, 0.1) is 5.92 Å². The van der Waals surface area contributed by atoms with E-state index in [0.29, 0.717) is 45.0 Å². The quantitative estimate of drug-likeness (QED) is 0.620. The average Bonchev–Trinajstić information content (AvgIpc) is 3.62. The zero-order valence-corrected chi connectivity index (χ0v) is 17.9. The summed E-state index contributed by atoms with van der Waals surface area (Å²) in [7, 11) is 0. The summed E-state index contributed by atoms with van der Waals surface area (Å²) in [5, 5.41) is 2.57. The van der Waals surface area contributed by atoms with Gasteiger partial charge in [-0.2, -0.15) is 0 Å². The van der Waals surface area contributed by atoms with Gasteiger partial charge in [0, 0.05) is 38.6 Å². The molecule has 0 aromatic heterocycles. The fraction of sp³-hybridized carbons (Fsp3) is 0.520. The van der Waals surface area contributed by atoms with Gasteiger partial charge in [-0.3, -0.25) is 14.5 Å². The predicted molar refractivity (Wildman–Crippen MR) is 118 cm³/mol. The largest absolute Gasteiger partial charge is 0.466 e. The number of likely N-dealkylation sites (tertiary alicyclic amines) is 1. The third-order valence-electron chi connectivity index (χ3n) is 6.40. The number of carbonyl (C=O) groups is 2. The Kier molecular flexibility index (Phi) is 6.68. The molecule has 2 aromatic rings. The summed E-state index contributed by atoms with van der Waals surface area (Å²) in [5.74, 6) is 0.0452. The second kappa shape index (κ2) is 9.61. The predicted octanol–water partition coefficient (Wildman–Crippen LogP) is 4.00. The summed E-state index contributed by atoms with van der Waals surface area (Å²) in [5.41, 5.74) is 1.34. The number of esters is 1. The first-order valence-electron chi connectivity index (χ1n) is 11.3. The highest BCUT2D eigenvalue weighted by Gasteiger charge is 2.31. The summed E-state index contributed by atoms with van der Waals surface area (Å²) < 4.78 is 5.13. The van der Waals surface area contributed by atoms with Crippen molar-refractivity contribution >= 4 is 22.6 Å². The van der Waals surface area contributed by atoms with Gasteiger partial charge >= 0.3 is 5.97 Å². The van der Waals surface area contributed by atoms with Gasteiger partial charge in [-0.25, -0.2) is 0 Å². The average molecular weight is 409 g/mol. The Morgan fingerprint density at radius 2 is 1.77 bits per heavy atom. The van der Waals surface area contributed by atoms with Gasteiger partial charge in [-0.1, -0.05) is 42.5 Å². The number of fused-ring (bicyclic) bond motifs is 1. The van der Waals surface area contributed by atoms with Gasteiger partial charge in [0.1, 0.15) is 0 Å². The highest BCUT2D eigenvalue weighted by molar-refractivity contribution is 5.85. The lowest BCUT2D eigenvalue weighted by molar-refractivity contribution is -0.151. The van der Waals surface area contributed by atoms with Gasteiger partial charge in [0.15, 0.2) is 0 Å². The Morgan fingerprint density at radius 3 is 2.50 bits per heavy atom. The summed E-state index contributed by atoms with van der Waals surface area (Å²) >= 11 is 0. The summed E-state index contributed by atoms with van der Waals surface area (Å²) in [6, 6.07) is 15.6. The lowest BCUT2D eigenvalue weighted by Crippen LogP contribution is -2.42. The van der Waals surface area contributed by atoms with Crippen molar-refractivity contribution in [2.45, 2.75) is 51.6 Å². The van der Waals surface area contributed by atoms with Crippen LogP contribution in [0.2, 0.25) is 0 Å². The van der Waals surface area contributed by atoms with Crippen LogP contribution in [0.15, 0.2) is 42.5 Å². The number of carbonyl (C=O) groups excluding carboxylic acids is 2. The minimum absolute atomic E-state index is 0.0525. The standard InChI is InChI=1S/C25H32N2O3/c1-2-30-25(29)20-12-15-26(16-13-20)24(28)14-17-27(22-10-11-22)18-21-8-5-7-19-6-3-4-9-23(19)21/h3-9,20,22H,2,10-18H2,1H3. The third-order valence-corrected chi connectivity index (χ3v) is 6.40. The number of rotatable bonds is 8. The molecular formula is C25H32N2O3. The lowest BCUT2D eigenvalue weighted by Gasteiger charge is -2.32. The lowest BCUT2D eigenvalue weighted by atomic mass is 9.97. The molecule has 2 aliphatic rings. The van der Waals surface area contributed by atoms with Crippen molar-refractivity contribution in [1.82, 2.24) is 9.80 Å². The number of hydrogen-bond donors (Lipinski definition) is 0. The fourth-order valence-electron chi connectivity index (χ4n) is 4.50. The van der Waals surface area contributed by atoms with Crippen molar-refractivity contribution in [2.75, 3.05) is 26.2 Å². The van der Waals surface area contributed by atoms with E-state index in [0.717, 1.165) is 13.1 Å². The van der Waals surface area contributed by atoms with Crippen molar-refractivity contribution in [3.8, 4) is 0 Å². The molecule has 5 nitrogen and oxygen atoms in total. The van der Waals surface area contributed by atoms with E-state index in [9.17, 15) is 9.59 Å². The molecule has 1 heterocycles. The monoisotopic (exact) mass is 408 g/mol. The van der Waals surface area contributed by atoms with Crippen LogP contribution in [-0.2, 0) is 20.9 Å². The van der Waals surface area contributed by atoms with Crippen molar-refractivity contribution in [2.24, 2.45) is 5.92 Å². The first-order chi connectivity index (χ1) is 14.7. The first-order valence-corrected chi connectivity index (χ1v) is 11.3. The molecule has 4 rings (SSSR count). The second-order valence-corrected chi connectivity index (χ2v) is 8.50. The maximum Gasteiger partial charge on any atom is 0.309 e. The van der Waals surface area contributed by atoms with Crippen molar-refractivity contribution < 1.29 is 14.3 Å². The van der Waals surface area contributed by atoms with Crippen LogP contribution < -0.4 is 0 Å². The van der Waals surface area contributed by atoms with E-state index in [1.807, 2.05) is 11.8 Å². The van der Waals surface area contributed by atoms with Gasteiger partial charge in [0.2, 0.25) is 5.91 Å². The van der Waals surface area contributed by atoms with Gasteiger partial charge in [-0.05, 0) is 48.9 Å². The third kappa shape index (κ3) is 5.01. The number of hydrogen-bond acceptors (Lipinski definition) is 4. The molecule has 2 fully saturated rings. The molecule has 0 radical (unpaired) electrons. The molecule has 5 heteroatoms. The van der Waals surface area contributed by atoms with Gasteiger partial charge in [0.05, 0.1) is 12.5 Å². The Balaban J connectivity index is 1.31. The van der Waals surface area contributed by atoms with Crippen molar-refractivity contribution in [3.63, 3.8) is 0 Å². The van der Waals surface area contributed by atoms with Crippen LogP contribution >= 0.6 is 0 Å². The molecule has 160 valence electrons. The molecular weight excluding hydrogens is 376 g/mol. The van der Waals surface area contributed by atoms with E-state index in [2.05, 4.69) is 47.4 Å². The van der Waals surface area contributed by atoms with Gasteiger partial charge < -0.3 is 9.64 Å². The molecule has 2 aromatic carbocycles. The Morgan fingerprint density at radius 1 is 1.03 bits per heavy atom. The minimum Gasteiger partial charge on any atom is -0.466 e. The molecule has 30 heavy (non-hydrogen) atoms. The zero-order chi connectivity index (χ0) is 20.9. The second-order valence-electron chi connectivity index (χ2n) is 8.50. The Bertz CT molecular complexity index is 880. The normalized spacial score (nSPS) is 17.5. The molecule has 0 unspecified atom stereocenters. The van der Waals surface area contributed by atoms with Crippen LogP contribution in [-0.4, -0.2) is 54.0 Å². The zero-order valence-electron chi connectivity index (χ0n) is 17.9. The maximum absolute atomic E-state index is 12.8. The first kappa shape index (κ1) is 20.9. The van der Waals surface area contributed by atoms with Crippen LogP contribution in [0.5, 0.6) is 0 Å². The molecule has 0 bridgehead atoms. The molecule has 1 saturated heterocycles. The number of benzene rings is 2. The summed E-state index contributed by atoms with van der Waals surface area (Å²) in [4.78, 5) is 29.1. The maximum atomic E-state index is 12.8. The molecule has 0 spiro atoms. The Labute approximate surface area is 179 Å².